The van der Waals surface area contributed by atoms with Crippen molar-refractivity contribution in [1.82, 2.24) is 0 Å². The fraction of sp³-hybridized carbons (Fsp3) is 0.250. The lowest BCUT2D eigenvalue weighted by molar-refractivity contribution is -0.885. The van der Waals surface area contributed by atoms with Gasteiger partial charge in [-0.15, -0.1) is 0 Å². The molecule has 140 valence electrons. The Morgan fingerprint density at radius 3 is 2.48 bits per heavy atom. The molecule has 27 heavy (non-hydrogen) atoms. The number of likely N-dealkylation sites (N-methyl/N-ethyl adjacent to an activating group) is 1. The van der Waals surface area contributed by atoms with E-state index in [0.717, 1.165) is 4.90 Å². The lowest BCUT2D eigenvalue weighted by Gasteiger charge is -2.20. The Balaban J connectivity index is 1.89. The second-order valence-electron chi connectivity index (χ2n) is 6.20. The number of methoxy groups -OCH3 is 1. The SMILES string of the molecule is COc1ccc(NC(=O)C[NH+](C)[C@H](C)C(=O)Nc2cccc(C#N)c2)cc1. The summed E-state index contributed by atoms with van der Waals surface area (Å²) in [6.45, 7) is 1.89. The summed E-state index contributed by atoms with van der Waals surface area (Å²) in [7, 11) is 3.36. The van der Waals surface area contributed by atoms with E-state index in [4.69, 9.17) is 10.00 Å². The molecule has 2 aromatic rings. The minimum absolute atomic E-state index is 0.138. The van der Waals surface area contributed by atoms with E-state index in [2.05, 4.69) is 10.6 Å². The molecule has 2 rings (SSSR count). The number of nitrogens with one attached hydrogen (secondary N) is 3. The number of quaternary nitrogens is 1. The molecule has 2 atom stereocenters. The van der Waals surface area contributed by atoms with Crippen molar-refractivity contribution in [3.8, 4) is 11.8 Å². The van der Waals surface area contributed by atoms with Crippen LogP contribution < -0.4 is 20.3 Å². The van der Waals surface area contributed by atoms with Crippen molar-refractivity contribution in [2.24, 2.45) is 0 Å². The number of rotatable bonds is 7. The van der Waals surface area contributed by atoms with Crippen LogP contribution in [0.1, 0.15) is 12.5 Å². The van der Waals surface area contributed by atoms with E-state index in [-0.39, 0.29) is 18.4 Å². The van der Waals surface area contributed by atoms with Gasteiger partial charge in [-0.25, -0.2) is 0 Å². The molecule has 7 heteroatoms. The molecule has 0 saturated heterocycles. The van der Waals surface area contributed by atoms with Gasteiger partial charge in [-0.2, -0.15) is 5.26 Å². The first-order valence-electron chi connectivity index (χ1n) is 8.50. The van der Waals surface area contributed by atoms with Crippen LogP contribution >= 0.6 is 0 Å². The van der Waals surface area contributed by atoms with E-state index >= 15 is 0 Å². The minimum atomic E-state index is -0.447. The molecule has 3 N–H and O–H groups in total. The molecule has 2 aromatic carbocycles. The summed E-state index contributed by atoms with van der Waals surface area (Å²) in [5.74, 6) is 0.296. The highest BCUT2D eigenvalue weighted by molar-refractivity contribution is 5.94. The predicted molar refractivity (Wildman–Crippen MR) is 103 cm³/mol. The molecule has 7 nitrogen and oxygen atoms in total. The third-order valence-corrected chi connectivity index (χ3v) is 4.20. The maximum atomic E-state index is 12.4. The Morgan fingerprint density at radius 1 is 1.15 bits per heavy atom. The number of nitriles is 1. The average Bonchev–Trinajstić information content (AvgIpc) is 2.67. The second kappa shape index (κ2) is 9.36. The maximum Gasteiger partial charge on any atom is 0.282 e. The van der Waals surface area contributed by atoms with Crippen LogP contribution in [0.2, 0.25) is 0 Å². The molecular weight excluding hydrogens is 344 g/mol. The number of ether oxygens (including phenoxy) is 1. The van der Waals surface area contributed by atoms with Gasteiger partial charge in [0.05, 0.1) is 25.8 Å². The van der Waals surface area contributed by atoms with Crippen LogP contribution in [-0.2, 0) is 9.59 Å². The highest BCUT2D eigenvalue weighted by Crippen LogP contribution is 2.14. The van der Waals surface area contributed by atoms with Crippen molar-refractivity contribution in [1.29, 1.82) is 5.26 Å². The number of anilines is 2. The molecule has 0 fully saturated rings. The van der Waals surface area contributed by atoms with Gasteiger partial charge >= 0.3 is 0 Å². The van der Waals surface area contributed by atoms with Gasteiger partial charge in [0.2, 0.25) is 0 Å². The topological polar surface area (TPSA) is 95.7 Å². The van der Waals surface area contributed by atoms with Crippen LogP contribution in [0.5, 0.6) is 5.75 Å². The van der Waals surface area contributed by atoms with Gasteiger partial charge in [0, 0.05) is 11.4 Å². The molecule has 0 radical (unpaired) electrons. The second-order valence-corrected chi connectivity index (χ2v) is 6.20. The average molecular weight is 367 g/mol. The lowest BCUT2D eigenvalue weighted by atomic mass is 10.2. The van der Waals surface area contributed by atoms with Crippen molar-refractivity contribution < 1.29 is 19.2 Å². The van der Waals surface area contributed by atoms with E-state index in [1.165, 1.54) is 0 Å². The number of nitrogens with zero attached hydrogens (tertiary/aromatic N) is 1. The van der Waals surface area contributed by atoms with Crippen molar-refractivity contribution in [2.75, 3.05) is 31.3 Å². The molecule has 0 heterocycles. The molecular formula is C20H23N4O3+. The number of hydrogen-bond donors (Lipinski definition) is 3. The Hall–Kier alpha value is -3.37. The summed E-state index contributed by atoms with van der Waals surface area (Å²) in [5.41, 5.74) is 1.69. The zero-order valence-corrected chi connectivity index (χ0v) is 15.6. The molecule has 0 spiro atoms. The Bertz CT molecular complexity index is 843. The van der Waals surface area contributed by atoms with Gasteiger partial charge in [-0.3, -0.25) is 9.59 Å². The summed E-state index contributed by atoms with van der Waals surface area (Å²) in [5, 5.41) is 14.5. The normalized spacial score (nSPS) is 12.4. The van der Waals surface area contributed by atoms with Gasteiger partial charge in [-0.1, -0.05) is 6.07 Å². The fourth-order valence-corrected chi connectivity index (χ4v) is 2.43. The molecule has 0 aromatic heterocycles. The molecule has 2 amide bonds. The number of carbonyl (C=O) groups is 2. The molecule has 0 aliphatic heterocycles. The summed E-state index contributed by atoms with van der Waals surface area (Å²) < 4.78 is 5.08. The molecule has 0 saturated carbocycles. The van der Waals surface area contributed by atoms with Crippen LogP contribution in [0.3, 0.4) is 0 Å². The van der Waals surface area contributed by atoms with E-state index in [9.17, 15) is 9.59 Å². The van der Waals surface area contributed by atoms with Crippen molar-refractivity contribution in [3.63, 3.8) is 0 Å². The van der Waals surface area contributed by atoms with Crippen molar-refractivity contribution >= 4 is 23.2 Å². The minimum Gasteiger partial charge on any atom is -0.497 e. The molecule has 0 aliphatic rings. The quantitative estimate of drug-likeness (QED) is 0.682. The maximum absolute atomic E-state index is 12.4. The Labute approximate surface area is 158 Å². The zero-order valence-electron chi connectivity index (χ0n) is 15.6. The monoisotopic (exact) mass is 367 g/mol. The number of hydrogen-bond acceptors (Lipinski definition) is 4. The highest BCUT2D eigenvalue weighted by atomic mass is 16.5. The third-order valence-electron chi connectivity index (χ3n) is 4.20. The zero-order chi connectivity index (χ0) is 19.8. The summed E-state index contributed by atoms with van der Waals surface area (Å²) in [6, 6.07) is 15.3. The van der Waals surface area contributed by atoms with Gasteiger partial charge < -0.3 is 20.3 Å². The Kier molecular flexibility index (Phi) is 6.92. The van der Waals surface area contributed by atoms with E-state index in [0.29, 0.717) is 22.7 Å². The lowest BCUT2D eigenvalue weighted by Crippen LogP contribution is -3.14. The van der Waals surface area contributed by atoms with E-state index in [1.54, 1.807) is 69.6 Å². The fourth-order valence-electron chi connectivity index (χ4n) is 2.43. The van der Waals surface area contributed by atoms with Crippen LogP contribution in [0.25, 0.3) is 0 Å². The first-order chi connectivity index (χ1) is 12.9. The van der Waals surface area contributed by atoms with Crippen molar-refractivity contribution in [3.05, 3.63) is 54.1 Å². The van der Waals surface area contributed by atoms with Crippen LogP contribution in [-0.4, -0.2) is 38.6 Å². The number of carbonyl (C=O) groups excluding carboxylic acids is 2. The van der Waals surface area contributed by atoms with Gasteiger partial charge in [0.1, 0.15) is 5.75 Å². The first-order valence-corrected chi connectivity index (χ1v) is 8.50. The van der Waals surface area contributed by atoms with Crippen molar-refractivity contribution in [2.45, 2.75) is 13.0 Å². The van der Waals surface area contributed by atoms with Crippen LogP contribution in [0.15, 0.2) is 48.5 Å². The molecule has 0 aliphatic carbocycles. The Morgan fingerprint density at radius 2 is 1.85 bits per heavy atom. The largest absolute Gasteiger partial charge is 0.497 e. The van der Waals surface area contributed by atoms with Crippen LogP contribution in [0, 0.1) is 11.3 Å². The first kappa shape index (κ1) is 19.9. The predicted octanol–water partition coefficient (Wildman–Crippen LogP) is 1.05. The third kappa shape index (κ3) is 5.83. The smallest absolute Gasteiger partial charge is 0.282 e. The number of amides is 2. The van der Waals surface area contributed by atoms with E-state index < -0.39 is 6.04 Å². The van der Waals surface area contributed by atoms with Crippen LogP contribution in [0.4, 0.5) is 11.4 Å². The summed E-state index contributed by atoms with van der Waals surface area (Å²) in [6.07, 6.45) is 0. The summed E-state index contributed by atoms with van der Waals surface area (Å²) in [4.78, 5) is 25.4. The van der Waals surface area contributed by atoms with Gasteiger partial charge in [0.15, 0.2) is 12.6 Å². The van der Waals surface area contributed by atoms with E-state index in [1.807, 2.05) is 6.07 Å². The van der Waals surface area contributed by atoms with Gasteiger partial charge in [-0.05, 0) is 49.4 Å². The molecule has 1 unspecified atom stereocenters. The summed E-state index contributed by atoms with van der Waals surface area (Å²) >= 11 is 0. The standard InChI is InChI=1S/C20H22N4O3/c1-14(20(26)23-17-6-4-5-15(11-17)12-21)24(2)13-19(25)22-16-7-9-18(27-3)10-8-16/h4-11,14H,13H2,1-3H3,(H,22,25)(H,23,26)/p+1/t14-/m1/s1. The van der Waals surface area contributed by atoms with Gasteiger partial charge in [0.25, 0.3) is 11.8 Å². The number of benzene rings is 2. The molecule has 0 bridgehead atoms. The highest BCUT2D eigenvalue weighted by Gasteiger charge is 2.24.